The second kappa shape index (κ2) is 9.65. The largest absolute Gasteiger partial charge is 0.573 e. The van der Waals surface area contributed by atoms with Crippen molar-refractivity contribution in [1.29, 1.82) is 0 Å². The molecule has 1 aliphatic heterocycles. The number of ether oxygens (including phenoxy) is 1. The third-order valence-electron chi connectivity index (χ3n) is 4.76. The summed E-state index contributed by atoms with van der Waals surface area (Å²) in [6.45, 7) is 3.39. The number of rotatable bonds is 6. The zero-order chi connectivity index (χ0) is 20.7. The first-order chi connectivity index (χ1) is 13.9. The Kier molecular flexibility index (Phi) is 6.98. The van der Waals surface area contributed by atoms with E-state index in [2.05, 4.69) is 26.0 Å². The lowest BCUT2D eigenvalue weighted by atomic mass is 10.1. The molecule has 0 spiro atoms. The van der Waals surface area contributed by atoms with Gasteiger partial charge in [0.25, 0.3) is 0 Å². The Bertz CT molecular complexity index is 833. The highest BCUT2D eigenvalue weighted by Crippen LogP contribution is 2.29. The Morgan fingerprint density at radius 2 is 1.66 bits per heavy atom. The van der Waals surface area contributed by atoms with E-state index < -0.39 is 6.36 Å². The lowest BCUT2D eigenvalue weighted by Crippen LogP contribution is -2.29. The van der Waals surface area contributed by atoms with Crippen molar-refractivity contribution in [3.8, 4) is 5.75 Å². The maximum Gasteiger partial charge on any atom is 0.573 e. The topological polar surface area (TPSA) is 62.9 Å². The van der Waals surface area contributed by atoms with Gasteiger partial charge >= 0.3 is 6.36 Å². The molecule has 0 aliphatic carbocycles. The van der Waals surface area contributed by atoms with Gasteiger partial charge in [-0.15, -0.1) is 13.2 Å². The number of anilines is 1. The highest BCUT2D eigenvalue weighted by molar-refractivity contribution is 5.93. The van der Waals surface area contributed by atoms with E-state index in [9.17, 15) is 13.2 Å². The third kappa shape index (κ3) is 6.67. The number of piperidine rings is 1. The predicted octanol–water partition coefficient (Wildman–Crippen LogP) is 4.50. The number of halogens is 3. The molecule has 0 bridgehead atoms. The van der Waals surface area contributed by atoms with Crippen LogP contribution in [0.15, 0.2) is 53.5 Å². The Labute approximate surface area is 168 Å². The molecule has 3 N–H and O–H groups in total. The lowest BCUT2D eigenvalue weighted by Gasteiger charge is -2.27. The second-order valence-electron chi connectivity index (χ2n) is 6.98. The molecule has 0 radical (unpaired) electrons. The van der Waals surface area contributed by atoms with E-state index >= 15 is 0 Å². The number of nitrogens with zero attached hydrogens (tertiary/aromatic N) is 2. The maximum absolute atomic E-state index is 12.5. The Balaban J connectivity index is 1.66. The molecule has 29 heavy (non-hydrogen) atoms. The first kappa shape index (κ1) is 21.0. The summed E-state index contributed by atoms with van der Waals surface area (Å²) in [4.78, 5) is 6.74. The fraction of sp³-hybridized carbons (Fsp3) is 0.381. The van der Waals surface area contributed by atoms with Gasteiger partial charge in [-0.25, -0.2) is 4.99 Å². The summed E-state index contributed by atoms with van der Waals surface area (Å²) in [5.41, 5.74) is 8.25. The maximum atomic E-state index is 12.5. The zero-order valence-electron chi connectivity index (χ0n) is 16.1. The molecule has 3 rings (SSSR count). The third-order valence-corrected chi connectivity index (χ3v) is 4.76. The van der Waals surface area contributed by atoms with Crippen LogP contribution in [0.2, 0.25) is 0 Å². The normalized spacial score (nSPS) is 15.9. The number of hydrogen-bond acceptors (Lipinski definition) is 3. The number of nitrogens with two attached hydrogens (primary N) is 1. The van der Waals surface area contributed by atoms with Crippen molar-refractivity contribution in [3.63, 3.8) is 0 Å². The van der Waals surface area contributed by atoms with Crippen LogP contribution < -0.4 is 15.8 Å². The fourth-order valence-electron chi connectivity index (χ4n) is 3.36. The van der Waals surface area contributed by atoms with Gasteiger partial charge in [-0.1, -0.05) is 42.8 Å². The molecule has 8 heteroatoms. The minimum Gasteiger partial charge on any atom is -0.404 e. The molecule has 1 fully saturated rings. The van der Waals surface area contributed by atoms with Crippen molar-refractivity contribution in [2.75, 3.05) is 18.4 Å². The van der Waals surface area contributed by atoms with Crippen LogP contribution >= 0.6 is 0 Å². The molecule has 0 saturated carbocycles. The van der Waals surface area contributed by atoms with Crippen LogP contribution in [0, 0.1) is 0 Å². The molecule has 156 valence electrons. The van der Waals surface area contributed by atoms with Gasteiger partial charge in [0.1, 0.15) is 0 Å². The van der Waals surface area contributed by atoms with Crippen molar-refractivity contribution < 1.29 is 17.9 Å². The standard InChI is InChI=1S/C21H25F3N4O/c22-21(23,24)29-19-11-5-4-10-18(19)27-20(25)26-14-16-8-2-3-9-17(16)15-28-12-6-1-7-13-28/h2-5,8-11H,1,6-7,12-15H2,(H3,25,26,27). The van der Waals surface area contributed by atoms with Gasteiger partial charge in [0, 0.05) is 6.54 Å². The molecular formula is C21H25F3N4O. The Morgan fingerprint density at radius 3 is 2.38 bits per heavy atom. The number of likely N-dealkylation sites (tertiary alicyclic amines) is 1. The molecule has 2 aromatic carbocycles. The van der Waals surface area contributed by atoms with Crippen LogP contribution in [0.5, 0.6) is 5.75 Å². The van der Waals surface area contributed by atoms with Gasteiger partial charge in [-0.05, 0) is 49.2 Å². The zero-order valence-corrected chi connectivity index (χ0v) is 16.1. The molecule has 1 heterocycles. The van der Waals surface area contributed by atoms with Gasteiger partial charge < -0.3 is 15.8 Å². The summed E-state index contributed by atoms with van der Waals surface area (Å²) >= 11 is 0. The predicted molar refractivity (Wildman–Crippen MR) is 108 cm³/mol. The van der Waals surface area contributed by atoms with Crippen LogP contribution in [0.1, 0.15) is 30.4 Å². The highest BCUT2D eigenvalue weighted by Gasteiger charge is 2.32. The Hall–Kier alpha value is -2.74. The minimum absolute atomic E-state index is 0.0241. The summed E-state index contributed by atoms with van der Waals surface area (Å²) in [6, 6.07) is 13.7. The molecule has 1 aliphatic rings. The number of aliphatic imine (C=N–C) groups is 1. The quantitative estimate of drug-likeness (QED) is 0.548. The van der Waals surface area contributed by atoms with Crippen LogP contribution in [0.3, 0.4) is 0 Å². The van der Waals surface area contributed by atoms with Gasteiger partial charge in [-0.3, -0.25) is 4.90 Å². The van der Waals surface area contributed by atoms with E-state index in [0.29, 0.717) is 6.54 Å². The average molecular weight is 406 g/mol. The molecule has 0 atom stereocenters. The number of para-hydroxylation sites is 2. The van der Waals surface area contributed by atoms with Crippen molar-refractivity contribution >= 4 is 11.6 Å². The van der Waals surface area contributed by atoms with Crippen LogP contribution in [-0.2, 0) is 13.1 Å². The van der Waals surface area contributed by atoms with E-state index in [1.54, 1.807) is 6.07 Å². The van der Waals surface area contributed by atoms with Gasteiger partial charge in [0.2, 0.25) is 0 Å². The van der Waals surface area contributed by atoms with Crippen molar-refractivity contribution in [1.82, 2.24) is 4.90 Å². The summed E-state index contributed by atoms with van der Waals surface area (Å²) in [6.07, 6.45) is -1.06. The SMILES string of the molecule is NC(=NCc1ccccc1CN1CCCCC1)Nc1ccccc1OC(F)(F)F. The van der Waals surface area contributed by atoms with Crippen molar-refractivity contribution in [3.05, 3.63) is 59.7 Å². The summed E-state index contributed by atoms with van der Waals surface area (Å²) in [5.74, 6) is -0.334. The molecule has 0 amide bonds. The molecule has 0 unspecified atom stereocenters. The van der Waals surface area contributed by atoms with Crippen LogP contribution in [0.25, 0.3) is 0 Å². The van der Waals surface area contributed by atoms with Crippen LogP contribution in [-0.4, -0.2) is 30.3 Å². The molecule has 2 aromatic rings. The molecular weight excluding hydrogens is 381 g/mol. The van der Waals surface area contributed by atoms with E-state index in [0.717, 1.165) is 25.2 Å². The fourth-order valence-corrected chi connectivity index (χ4v) is 3.36. The van der Waals surface area contributed by atoms with Gasteiger partial charge in [0.15, 0.2) is 11.7 Å². The smallest absolute Gasteiger partial charge is 0.404 e. The summed E-state index contributed by atoms with van der Waals surface area (Å²) in [7, 11) is 0. The molecule has 5 nitrogen and oxygen atoms in total. The number of guanidine groups is 1. The molecule has 0 aromatic heterocycles. The number of nitrogens with one attached hydrogen (secondary N) is 1. The average Bonchev–Trinajstić information content (AvgIpc) is 2.68. The van der Waals surface area contributed by atoms with E-state index in [1.165, 1.54) is 43.0 Å². The monoisotopic (exact) mass is 406 g/mol. The number of benzene rings is 2. The summed E-state index contributed by atoms with van der Waals surface area (Å²) in [5, 5.41) is 2.70. The van der Waals surface area contributed by atoms with Crippen LogP contribution in [0.4, 0.5) is 18.9 Å². The van der Waals surface area contributed by atoms with Crippen molar-refractivity contribution in [2.24, 2.45) is 10.7 Å². The van der Waals surface area contributed by atoms with Crippen molar-refractivity contribution in [2.45, 2.75) is 38.7 Å². The van der Waals surface area contributed by atoms with E-state index in [4.69, 9.17) is 5.73 Å². The lowest BCUT2D eigenvalue weighted by molar-refractivity contribution is -0.274. The van der Waals surface area contributed by atoms with E-state index in [1.807, 2.05) is 18.2 Å². The summed E-state index contributed by atoms with van der Waals surface area (Å²) < 4.78 is 41.7. The number of alkyl halides is 3. The highest BCUT2D eigenvalue weighted by atomic mass is 19.4. The van der Waals surface area contributed by atoms with E-state index in [-0.39, 0.29) is 17.4 Å². The first-order valence-electron chi connectivity index (χ1n) is 9.61. The minimum atomic E-state index is -4.78. The first-order valence-corrected chi connectivity index (χ1v) is 9.61. The molecule has 1 saturated heterocycles. The Morgan fingerprint density at radius 1 is 1.00 bits per heavy atom. The second-order valence-corrected chi connectivity index (χ2v) is 6.98. The number of hydrogen-bond donors (Lipinski definition) is 2. The van der Waals surface area contributed by atoms with Gasteiger partial charge in [0.05, 0.1) is 12.2 Å². The van der Waals surface area contributed by atoms with Gasteiger partial charge in [-0.2, -0.15) is 0 Å².